The molecule has 17 heavy (non-hydrogen) atoms. The van der Waals surface area contributed by atoms with E-state index in [1.165, 1.54) is 0 Å². The van der Waals surface area contributed by atoms with Crippen LogP contribution in [0.2, 0.25) is 0 Å². The predicted octanol–water partition coefficient (Wildman–Crippen LogP) is 1.36. The van der Waals surface area contributed by atoms with Gasteiger partial charge in [-0.05, 0) is 19.3 Å². The van der Waals surface area contributed by atoms with E-state index >= 15 is 0 Å². The van der Waals surface area contributed by atoms with Crippen LogP contribution in [0.4, 0.5) is 8.78 Å². The monoisotopic (exact) mass is 249 g/mol. The molecule has 2 unspecified atom stereocenters. The van der Waals surface area contributed by atoms with E-state index < -0.39 is 5.92 Å². The van der Waals surface area contributed by atoms with Crippen molar-refractivity contribution in [2.75, 3.05) is 20.3 Å². The summed E-state index contributed by atoms with van der Waals surface area (Å²) >= 11 is 0. The molecule has 4 nitrogen and oxygen atoms in total. The van der Waals surface area contributed by atoms with Gasteiger partial charge in [-0.1, -0.05) is 0 Å². The summed E-state index contributed by atoms with van der Waals surface area (Å²) < 4.78 is 30.8. The van der Waals surface area contributed by atoms with Gasteiger partial charge in [0.1, 0.15) is 0 Å². The van der Waals surface area contributed by atoms with Gasteiger partial charge in [0.25, 0.3) is 0 Å². The summed E-state index contributed by atoms with van der Waals surface area (Å²) in [5.41, 5.74) is 5.65. The van der Waals surface area contributed by atoms with Gasteiger partial charge >= 0.3 is 0 Å². The lowest BCUT2D eigenvalue weighted by Gasteiger charge is -2.14. The Bertz CT molecular complexity index is 271. The van der Waals surface area contributed by atoms with Crippen LogP contribution >= 0.6 is 0 Å². The Hall–Kier alpha value is -0.910. The van der Waals surface area contributed by atoms with Crippen molar-refractivity contribution >= 4 is 5.96 Å². The fourth-order valence-electron chi connectivity index (χ4n) is 2.01. The maximum absolute atomic E-state index is 12.9. The van der Waals surface area contributed by atoms with Crippen LogP contribution in [-0.4, -0.2) is 38.2 Å². The maximum Gasteiger partial charge on any atom is 0.248 e. The standard InChI is InChI=1S/C11H21F2N3O/c1-8(7-17-2)16-10(14)15-6-9-3-4-11(12,13)5-9/h8-9H,3-7H2,1-2H3,(H3,14,15,16). The third kappa shape index (κ3) is 5.30. The molecule has 0 aromatic heterocycles. The Labute approximate surface area is 101 Å². The highest BCUT2D eigenvalue weighted by atomic mass is 19.3. The second kappa shape index (κ2) is 6.14. The van der Waals surface area contributed by atoms with E-state index in [2.05, 4.69) is 10.3 Å². The number of ether oxygens (including phenoxy) is 1. The molecule has 1 aliphatic rings. The summed E-state index contributed by atoms with van der Waals surface area (Å²) in [7, 11) is 1.60. The molecule has 0 spiro atoms. The number of nitrogens with one attached hydrogen (secondary N) is 1. The number of hydrogen-bond acceptors (Lipinski definition) is 2. The zero-order valence-electron chi connectivity index (χ0n) is 10.4. The third-order valence-electron chi connectivity index (χ3n) is 2.84. The first-order valence-corrected chi connectivity index (χ1v) is 5.86. The Morgan fingerprint density at radius 3 is 2.88 bits per heavy atom. The molecule has 0 aromatic carbocycles. The SMILES string of the molecule is COCC(C)NC(N)=NCC1CCC(F)(F)C1. The third-order valence-corrected chi connectivity index (χ3v) is 2.84. The molecule has 1 aliphatic carbocycles. The minimum Gasteiger partial charge on any atom is -0.383 e. The first-order valence-electron chi connectivity index (χ1n) is 5.86. The van der Waals surface area contributed by atoms with Crippen LogP contribution in [0.5, 0.6) is 0 Å². The van der Waals surface area contributed by atoms with Crippen molar-refractivity contribution in [3.63, 3.8) is 0 Å². The molecule has 100 valence electrons. The Kier molecular flexibility index (Phi) is 5.11. The van der Waals surface area contributed by atoms with Crippen LogP contribution in [0.15, 0.2) is 4.99 Å². The van der Waals surface area contributed by atoms with Crippen LogP contribution in [0.25, 0.3) is 0 Å². The number of nitrogens with two attached hydrogens (primary N) is 1. The summed E-state index contributed by atoms with van der Waals surface area (Å²) in [6.07, 6.45) is 0.426. The molecule has 2 atom stereocenters. The predicted molar refractivity (Wildman–Crippen MR) is 63.3 cm³/mol. The van der Waals surface area contributed by atoms with Crippen molar-refractivity contribution in [2.24, 2.45) is 16.6 Å². The van der Waals surface area contributed by atoms with Crippen LogP contribution in [-0.2, 0) is 4.74 Å². The molecule has 1 saturated carbocycles. The van der Waals surface area contributed by atoms with Gasteiger partial charge in [0, 0.05) is 32.5 Å². The zero-order chi connectivity index (χ0) is 12.9. The molecule has 1 fully saturated rings. The number of aliphatic imine (C=N–C) groups is 1. The molecule has 0 aromatic rings. The lowest BCUT2D eigenvalue weighted by molar-refractivity contribution is 0.00542. The number of alkyl halides is 2. The van der Waals surface area contributed by atoms with Gasteiger partial charge in [-0.3, -0.25) is 4.99 Å². The summed E-state index contributed by atoms with van der Waals surface area (Å²) in [4.78, 5) is 4.09. The largest absolute Gasteiger partial charge is 0.383 e. The Morgan fingerprint density at radius 2 is 2.35 bits per heavy atom. The van der Waals surface area contributed by atoms with Gasteiger partial charge in [-0.15, -0.1) is 0 Å². The van der Waals surface area contributed by atoms with E-state index in [-0.39, 0.29) is 24.8 Å². The average molecular weight is 249 g/mol. The Balaban J connectivity index is 2.28. The molecule has 0 saturated heterocycles. The van der Waals surface area contributed by atoms with Crippen molar-refractivity contribution in [1.29, 1.82) is 0 Å². The quantitative estimate of drug-likeness (QED) is 0.571. The van der Waals surface area contributed by atoms with Crippen molar-refractivity contribution in [1.82, 2.24) is 5.32 Å². The number of nitrogens with zero attached hydrogens (tertiary/aromatic N) is 1. The molecule has 0 amide bonds. The van der Waals surface area contributed by atoms with E-state index in [1.54, 1.807) is 7.11 Å². The molecule has 0 radical (unpaired) electrons. The normalized spacial score (nSPS) is 25.9. The highest BCUT2D eigenvalue weighted by Crippen LogP contribution is 2.38. The van der Waals surface area contributed by atoms with E-state index in [9.17, 15) is 8.78 Å². The van der Waals surface area contributed by atoms with E-state index in [1.807, 2.05) is 6.92 Å². The van der Waals surface area contributed by atoms with Gasteiger partial charge in [-0.25, -0.2) is 8.78 Å². The number of hydrogen-bond donors (Lipinski definition) is 2. The van der Waals surface area contributed by atoms with E-state index in [0.29, 0.717) is 25.5 Å². The van der Waals surface area contributed by atoms with Gasteiger partial charge in [0.2, 0.25) is 5.92 Å². The first kappa shape index (κ1) is 14.2. The summed E-state index contributed by atoms with van der Waals surface area (Å²) in [6.45, 7) is 2.81. The number of methoxy groups -OCH3 is 1. The Morgan fingerprint density at radius 1 is 1.65 bits per heavy atom. The second-order valence-electron chi connectivity index (χ2n) is 4.69. The van der Waals surface area contributed by atoms with E-state index in [0.717, 1.165) is 0 Å². The minimum absolute atomic E-state index is 0.0272. The van der Waals surface area contributed by atoms with Crippen LogP contribution < -0.4 is 11.1 Å². The van der Waals surface area contributed by atoms with Crippen LogP contribution in [0.3, 0.4) is 0 Å². The van der Waals surface area contributed by atoms with Crippen molar-refractivity contribution < 1.29 is 13.5 Å². The van der Waals surface area contributed by atoms with Gasteiger partial charge in [0.15, 0.2) is 5.96 Å². The summed E-state index contributed by atoms with van der Waals surface area (Å²) in [5.74, 6) is -2.26. The fraction of sp³-hybridized carbons (Fsp3) is 0.909. The first-order chi connectivity index (χ1) is 7.93. The zero-order valence-corrected chi connectivity index (χ0v) is 10.4. The molecule has 6 heteroatoms. The summed E-state index contributed by atoms with van der Waals surface area (Å²) in [5, 5.41) is 2.94. The number of guanidine groups is 1. The molecule has 0 bridgehead atoms. The lowest BCUT2D eigenvalue weighted by atomic mass is 10.1. The molecular formula is C11H21F2N3O. The second-order valence-corrected chi connectivity index (χ2v) is 4.69. The van der Waals surface area contributed by atoms with Crippen molar-refractivity contribution in [3.05, 3.63) is 0 Å². The summed E-state index contributed by atoms with van der Waals surface area (Å²) in [6, 6.07) is 0.0637. The molecule has 0 aliphatic heterocycles. The molecule has 1 rings (SSSR count). The molecule has 3 N–H and O–H groups in total. The average Bonchev–Trinajstić information content (AvgIpc) is 2.55. The maximum atomic E-state index is 12.9. The van der Waals surface area contributed by atoms with Crippen LogP contribution in [0.1, 0.15) is 26.2 Å². The smallest absolute Gasteiger partial charge is 0.248 e. The molecule has 0 heterocycles. The highest BCUT2D eigenvalue weighted by molar-refractivity contribution is 5.78. The van der Waals surface area contributed by atoms with Gasteiger partial charge in [0.05, 0.1) is 6.61 Å². The van der Waals surface area contributed by atoms with E-state index in [4.69, 9.17) is 10.5 Å². The van der Waals surface area contributed by atoms with Gasteiger partial charge < -0.3 is 15.8 Å². The topological polar surface area (TPSA) is 59.6 Å². The van der Waals surface area contributed by atoms with Crippen molar-refractivity contribution in [2.45, 2.75) is 38.2 Å². The molecular weight excluding hydrogens is 228 g/mol. The van der Waals surface area contributed by atoms with Gasteiger partial charge in [-0.2, -0.15) is 0 Å². The fourth-order valence-corrected chi connectivity index (χ4v) is 2.01. The van der Waals surface area contributed by atoms with Crippen molar-refractivity contribution in [3.8, 4) is 0 Å². The lowest BCUT2D eigenvalue weighted by Crippen LogP contribution is -2.40. The van der Waals surface area contributed by atoms with Crippen LogP contribution in [0, 0.1) is 5.92 Å². The number of halogens is 2. The minimum atomic E-state index is -2.51. The highest BCUT2D eigenvalue weighted by Gasteiger charge is 2.39. The number of rotatable bonds is 5.